The molecule has 8 nitrogen and oxygen atoms in total. The van der Waals surface area contributed by atoms with Crippen LogP contribution in [0.3, 0.4) is 0 Å². The number of nitrogens with one attached hydrogen (secondary N) is 1. The summed E-state index contributed by atoms with van der Waals surface area (Å²) in [5.74, 6) is 3.07. The molecule has 0 spiro atoms. The first kappa shape index (κ1) is 23.3. The van der Waals surface area contributed by atoms with Gasteiger partial charge in [0.25, 0.3) is 0 Å². The van der Waals surface area contributed by atoms with Crippen LogP contribution in [0, 0.1) is 6.92 Å². The molecule has 1 atom stereocenters. The molecule has 0 saturated heterocycles. The predicted octanol–water partition coefficient (Wildman–Crippen LogP) is 4.93. The quantitative estimate of drug-likeness (QED) is 0.465. The standard InChI is InChI=1S/C26H28N4O4S/c1-15-7-5-8-16(11-15)14-35-26-28-25-27-18-9-6-10-19(31)22(18)23(30(25)29-26)17-12-20(32-2)24(34-4)21(13-17)33-3/h5,7-8,11-13,23H,6,9-10,14H2,1-4H3,(H,27,28,29). The number of Topliss-reactive ketones (excluding diaryl/α,β-unsaturated/α-hetero) is 1. The van der Waals surface area contributed by atoms with E-state index < -0.39 is 6.04 Å². The molecule has 9 heteroatoms. The third-order valence-electron chi connectivity index (χ3n) is 6.30. The largest absolute Gasteiger partial charge is 0.493 e. The Balaban J connectivity index is 1.57. The summed E-state index contributed by atoms with van der Waals surface area (Å²) in [6, 6.07) is 11.7. The Kier molecular flexibility index (Phi) is 6.42. The van der Waals surface area contributed by atoms with E-state index in [0.717, 1.165) is 35.4 Å². The van der Waals surface area contributed by atoms with E-state index in [4.69, 9.17) is 24.3 Å². The summed E-state index contributed by atoms with van der Waals surface area (Å²) >= 11 is 1.57. The van der Waals surface area contributed by atoms with Gasteiger partial charge < -0.3 is 19.5 Å². The molecule has 1 N–H and O–H groups in total. The van der Waals surface area contributed by atoms with Crippen molar-refractivity contribution < 1.29 is 19.0 Å². The van der Waals surface area contributed by atoms with Gasteiger partial charge in [-0.15, -0.1) is 5.10 Å². The van der Waals surface area contributed by atoms with Gasteiger partial charge in [0.1, 0.15) is 6.04 Å². The smallest absolute Gasteiger partial charge is 0.227 e. The number of aromatic nitrogens is 3. The first-order chi connectivity index (χ1) is 17.0. The van der Waals surface area contributed by atoms with Crippen LogP contribution in [0.4, 0.5) is 5.95 Å². The van der Waals surface area contributed by atoms with Crippen molar-refractivity contribution in [3.8, 4) is 17.2 Å². The van der Waals surface area contributed by atoms with Crippen LogP contribution in [-0.2, 0) is 10.5 Å². The summed E-state index contributed by atoms with van der Waals surface area (Å²) in [4.78, 5) is 17.9. The van der Waals surface area contributed by atoms with E-state index in [1.807, 2.05) is 12.1 Å². The van der Waals surface area contributed by atoms with Crippen molar-refractivity contribution in [1.29, 1.82) is 0 Å². The molecule has 0 bridgehead atoms. The first-order valence-corrected chi connectivity index (χ1v) is 12.5. The van der Waals surface area contributed by atoms with E-state index in [1.165, 1.54) is 11.1 Å². The lowest BCUT2D eigenvalue weighted by molar-refractivity contribution is -0.116. The summed E-state index contributed by atoms with van der Waals surface area (Å²) in [5, 5.41) is 8.87. The van der Waals surface area contributed by atoms with Crippen LogP contribution in [-0.4, -0.2) is 41.9 Å². The van der Waals surface area contributed by atoms with Crippen LogP contribution < -0.4 is 19.5 Å². The molecule has 3 aromatic rings. The van der Waals surface area contributed by atoms with Gasteiger partial charge in [0, 0.05) is 23.4 Å². The minimum atomic E-state index is -0.441. The molecular formula is C26H28N4O4S. The summed E-state index contributed by atoms with van der Waals surface area (Å²) in [5.41, 5.74) is 4.89. The fourth-order valence-corrected chi connectivity index (χ4v) is 5.49. The van der Waals surface area contributed by atoms with Crippen LogP contribution in [0.25, 0.3) is 0 Å². The number of fused-ring (bicyclic) bond motifs is 1. The van der Waals surface area contributed by atoms with Gasteiger partial charge in [-0.3, -0.25) is 4.79 Å². The highest BCUT2D eigenvalue weighted by Crippen LogP contribution is 2.45. The van der Waals surface area contributed by atoms with Crippen LogP contribution in [0.1, 0.15) is 42.0 Å². The Morgan fingerprint density at radius 3 is 2.54 bits per heavy atom. The molecule has 182 valence electrons. The Morgan fingerprint density at radius 2 is 1.86 bits per heavy atom. The number of benzene rings is 2. The van der Waals surface area contributed by atoms with E-state index in [-0.39, 0.29) is 5.78 Å². The molecule has 2 heterocycles. The number of anilines is 1. The molecule has 2 aliphatic rings. The summed E-state index contributed by atoms with van der Waals surface area (Å²) < 4.78 is 18.5. The van der Waals surface area contributed by atoms with Crippen LogP contribution in [0.2, 0.25) is 0 Å². The number of aryl methyl sites for hydroxylation is 1. The number of hydrogen-bond acceptors (Lipinski definition) is 8. The highest BCUT2D eigenvalue weighted by atomic mass is 32.2. The van der Waals surface area contributed by atoms with E-state index in [0.29, 0.717) is 34.8 Å². The molecule has 0 amide bonds. The average molecular weight is 493 g/mol. The number of ketones is 1. The molecular weight excluding hydrogens is 464 g/mol. The van der Waals surface area contributed by atoms with Crippen molar-refractivity contribution >= 4 is 23.5 Å². The second-order valence-electron chi connectivity index (χ2n) is 8.60. The van der Waals surface area contributed by atoms with Crippen molar-refractivity contribution in [3.63, 3.8) is 0 Å². The molecule has 1 aromatic heterocycles. The van der Waals surface area contributed by atoms with Gasteiger partial charge in [0.2, 0.25) is 16.9 Å². The van der Waals surface area contributed by atoms with Crippen molar-refractivity contribution in [2.75, 3.05) is 26.6 Å². The third kappa shape index (κ3) is 4.36. The van der Waals surface area contributed by atoms with Gasteiger partial charge in [-0.25, -0.2) is 4.68 Å². The van der Waals surface area contributed by atoms with Gasteiger partial charge in [-0.05, 0) is 43.0 Å². The Bertz CT molecular complexity index is 1290. The topological polar surface area (TPSA) is 87.5 Å². The molecule has 0 saturated carbocycles. The lowest BCUT2D eigenvalue weighted by atomic mass is 9.85. The molecule has 1 aliphatic carbocycles. The maximum atomic E-state index is 13.2. The number of methoxy groups -OCH3 is 3. The molecule has 2 aromatic carbocycles. The van der Waals surface area contributed by atoms with Crippen molar-refractivity contribution in [2.24, 2.45) is 0 Å². The fraction of sp³-hybridized carbons (Fsp3) is 0.346. The molecule has 1 aliphatic heterocycles. The zero-order chi connectivity index (χ0) is 24.5. The zero-order valence-electron chi connectivity index (χ0n) is 20.3. The number of allylic oxidation sites excluding steroid dienone is 2. The molecule has 5 rings (SSSR count). The Labute approximate surface area is 208 Å². The summed E-state index contributed by atoms with van der Waals surface area (Å²) in [6.45, 7) is 2.08. The van der Waals surface area contributed by atoms with Gasteiger partial charge in [0.05, 0.1) is 21.3 Å². The second kappa shape index (κ2) is 9.65. The minimum absolute atomic E-state index is 0.118. The molecule has 35 heavy (non-hydrogen) atoms. The van der Waals surface area contributed by atoms with Gasteiger partial charge in [-0.1, -0.05) is 41.6 Å². The van der Waals surface area contributed by atoms with Crippen molar-refractivity contribution in [3.05, 3.63) is 64.4 Å². The van der Waals surface area contributed by atoms with E-state index >= 15 is 0 Å². The Morgan fingerprint density at radius 1 is 1.09 bits per heavy atom. The fourth-order valence-electron chi connectivity index (χ4n) is 4.71. The number of thioether (sulfide) groups is 1. The van der Waals surface area contributed by atoms with Crippen LogP contribution in [0.5, 0.6) is 17.2 Å². The predicted molar refractivity (Wildman–Crippen MR) is 135 cm³/mol. The van der Waals surface area contributed by atoms with Crippen molar-refractivity contribution in [2.45, 2.75) is 43.1 Å². The molecule has 0 radical (unpaired) electrons. The lowest BCUT2D eigenvalue weighted by Crippen LogP contribution is -2.31. The van der Waals surface area contributed by atoms with Crippen molar-refractivity contribution in [1.82, 2.24) is 14.8 Å². The van der Waals surface area contributed by atoms with Gasteiger partial charge in [0.15, 0.2) is 17.3 Å². The molecule has 1 unspecified atom stereocenters. The van der Waals surface area contributed by atoms with Gasteiger partial charge >= 0.3 is 0 Å². The SMILES string of the molecule is COc1cc(C2C3=C(CCCC3=O)Nc3nc(SCc4cccc(C)c4)nn32)cc(OC)c1OC. The number of carbonyl (C=O) groups excluding carboxylic acids is 1. The first-order valence-electron chi connectivity index (χ1n) is 11.5. The third-order valence-corrected chi connectivity index (χ3v) is 7.21. The summed E-state index contributed by atoms with van der Waals surface area (Å²) in [6.07, 6.45) is 2.12. The number of nitrogens with zero attached hydrogens (tertiary/aromatic N) is 3. The number of ether oxygens (including phenoxy) is 3. The zero-order valence-corrected chi connectivity index (χ0v) is 21.1. The number of hydrogen-bond donors (Lipinski definition) is 1. The highest BCUT2D eigenvalue weighted by Gasteiger charge is 2.37. The van der Waals surface area contributed by atoms with Crippen LogP contribution in [0.15, 0.2) is 52.8 Å². The normalized spacial score (nSPS) is 16.9. The Hall–Kier alpha value is -3.46. The van der Waals surface area contributed by atoms with E-state index in [2.05, 4.69) is 36.5 Å². The van der Waals surface area contributed by atoms with E-state index in [9.17, 15) is 4.79 Å². The highest BCUT2D eigenvalue weighted by molar-refractivity contribution is 7.98. The maximum absolute atomic E-state index is 13.2. The molecule has 0 fully saturated rings. The number of rotatable bonds is 7. The van der Waals surface area contributed by atoms with E-state index in [1.54, 1.807) is 37.8 Å². The van der Waals surface area contributed by atoms with Crippen LogP contribution >= 0.6 is 11.8 Å². The lowest BCUT2D eigenvalue weighted by Gasteiger charge is -2.32. The average Bonchev–Trinajstić information content (AvgIpc) is 3.28. The maximum Gasteiger partial charge on any atom is 0.227 e. The minimum Gasteiger partial charge on any atom is -0.493 e. The second-order valence-corrected chi connectivity index (χ2v) is 9.54. The summed E-state index contributed by atoms with van der Waals surface area (Å²) in [7, 11) is 4.74. The number of carbonyl (C=O) groups is 1. The van der Waals surface area contributed by atoms with Gasteiger partial charge in [-0.2, -0.15) is 4.98 Å². The monoisotopic (exact) mass is 492 g/mol.